The number of likely N-dealkylation sites (tertiary alicyclic amines) is 1. The van der Waals surface area contributed by atoms with Crippen molar-refractivity contribution in [3.8, 4) is 11.5 Å². The smallest absolute Gasteiger partial charge is 0.324 e. The minimum atomic E-state index is -2.30. The first-order valence-electron chi connectivity index (χ1n) is 19.6. The molecule has 2 bridgehead atoms. The molecule has 15 heteroatoms. The lowest BCUT2D eigenvalue weighted by atomic mass is 9.53. The summed E-state index contributed by atoms with van der Waals surface area (Å²) in [5, 5.41) is 0. The molecule has 10 nitrogen and oxygen atoms in total. The summed E-state index contributed by atoms with van der Waals surface area (Å²) in [4.78, 5) is 16.7. The summed E-state index contributed by atoms with van der Waals surface area (Å²) in [5.74, 6) is 1.23. The summed E-state index contributed by atoms with van der Waals surface area (Å²) in [6.45, 7) is 33.0. The van der Waals surface area contributed by atoms with Gasteiger partial charge in [0.15, 0.2) is 50.9 Å². The zero-order valence-electron chi connectivity index (χ0n) is 35.2. The van der Waals surface area contributed by atoms with Gasteiger partial charge in [0.2, 0.25) is 14.6 Å². The summed E-state index contributed by atoms with van der Waals surface area (Å²) >= 11 is 0. The maximum atomic E-state index is 14.2. The van der Waals surface area contributed by atoms with Crippen LogP contribution in [0.5, 0.6) is 11.5 Å². The van der Waals surface area contributed by atoms with Crippen LogP contribution in [0.2, 0.25) is 98.2 Å². The van der Waals surface area contributed by atoms with E-state index in [9.17, 15) is 4.79 Å². The minimum Gasteiger partial charge on any atom is -0.518 e. The van der Waals surface area contributed by atoms with Crippen molar-refractivity contribution in [1.82, 2.24) is 4.90 Å². The lowest BCUT2D eigenvalue weighted by molar-refractivity contribution is -0.260. The molecular weight excluding hydrogens is 755 g/mol. The van der Waals surface area contributed by atoms with E-state index in [0.717, 1.165) is 25.1 Å². The molecular formula is C38H67NO9Si5. The molecule has 3 aliphatic heterocycles. The average molecular weight is 822 g/mol. The number of piperidine rings is 1. The van der Waals surface area contributed by atoms with Crippen LogP contribution in [0.3, 0.4) is 0 Å². The molecule has 10 atom stereocenters. The SMILES string of the molecule is CN1CCC23c4c5ccc(O[C@@H]6O[C@H](C(=O)O[Si](C)(C)C)[C@@H](O[Si](C)(C)C)[C@H](O[Si](C)(C)C)[C@H]6O[Si](C)(C)C)c4OC2C(O[Si](C)(C)C)C=CC3C1C5. The highest BCUT2D eigenvalue weighted by atomic mass is 28.4. The van der Waals surface area contributed by atoms with Crippen LogP contribution in [0.25, 0.3) is 0 Å². The molecule has 1 aromatic rings. The van der Waals surface area contributed by atoms with Gasteiger partial charge in [-0.25, -0.2) is 0 Å². The van der Waals surface area contributed by atoms with Crippen molar-refractivity contribution < 1.29 is 41.1 Å². The molecule has 1 aromatic carbocycles. The normalized spacial score (nSPS) is 34.4. The van der Waals surface area contributed by atoms with Gasteiger partial charge in [0.05, 0.1) is 0 Å². The summed E-state index contributed by atoms with van der Waals surface area (Å²) in [7, 11) is -8.68. The van der Waals surface area contributed by atoms with Gasteiger partial charge >= 0.3 is 5.97 Å². The molecule has 2 saturated heterocycles. The molecule has 6 rings (SSSR count). The lowest BCUT2D eigenvalue weighted by Gasteiger charge is -2.57. The zero-order valence-corrected chi connectivity index (χ0v) is 40.2. The highest BCUT2D eigenvalue weighted by molar-refractivity contribution is 6.72. The Hall–Kier alpha value is -1.13. The Labute approximate surface area is 324 Å². The third-order valence-electron chi connectivity index (χ3n) is 10.5. The second kappa shape index (κ2) is 14.1. The Kier molecular flexibility index (Phi) is 11.0. The molecule has 0 saturated carbocycles. The standard InChI is InChI=1S/C38H67NO9Si5/c1-39-22-21-38-25-18-20-28(44-49(2,3)4)35(38)42-30-27(19-17-24(29(30)38)23-26(25)39)41-37-34(47-52(11,12)13)32(46-51(8,9)10)31(45-50(5,6)7)33(43-37)36(40)48-53(14,15)16/h17-20,25-26,28,31-35,37H,21-23H2,1-16H3/t25?,26?,28?,31-,32-,33-,34+,35?,37+,38?/m0/s1. The maximum absolute atomic E-state index is 14.2. The average Bonchev–Trinajstić information content (AvgIpc) is 3.31. The molecule has 298 valence electrons. The van der Waals surface area contributed by atoms with Crippen LogP contribution in [0.4, 0.5) is 0 Å². The molecule has 2 aliphatic carbocycles. The Morgan fingerprint density at radius 1 is 0.755 bits per heavy atom. The van der Waals surface area contributed by atoms with Gasteiger partial charge in [0, 0.05) is 22.9 Å². The fourth-order valence-corrected chi connectivity index (χ4v) is 14.0. The van der Waals surface area contributed by atoms with Crippen LogP contribution in [0.1, 0.15) is 17.5 Å². The van der Waals surface area contributed by atoms with Crippen molar-refractivity contribution in [3.05, 3.63) is 35.4 Å². The Morgan fingerprint density at radius 3 is 1.92 bits per heavy atom. The number of nitrogens with zero attached hydrogens (tertiary/aromatic N) is 1. The van der Waals surface area contributed by atoms with Gasteiger partial charge in [-0.1, -0.05) is 18.2 Å². The summed E-state index contributed by atoms with van der Waals surface area (Å²) in [5.41, 5.74) is 2.35. The number of hydrogen-bond donors (Lipinski definition) is 0. The van der Waals surface area contributed by atoms with Crippen LogP contribution < -0.4 is 9.47 Å². The number of ether oxygens (including phenoxy) is 3. The second-order valence-electron chi connectivity index (χ2n) is 20.8. The largest absolute Gasteiger partial charge is 0.518 e. The molecule has 5 aliphatic rings. The molecule has 0 N–H and O–H groups in total. The predicted octanol–water partition coefficient (Wildman–Crippen LogP) is 7.49. The van der Waals surface area contributed by atoms with E-state index in [0.29, 0.717) is 17.7 Å². The zero-order chi connectivity index (χ0) is 39.3. The quantitative estimate of drug-likeness (QED) is 0.156. The fourth-order valence-electron chi connectivity index (χ4n) is 9.00. The van der Waals surface area contributed by atoms with E-state index in [2.05, 4.69) is 109 Å². The van der Waals surface area contributed by atoms with Crippen molar-refractivity contribution in [2.45, 2.75) is 165 Å². The first kappa shape index (κ1) is 41.5. The van der Waals surface area contributed by atoms with Crippen LogP contribution in [0, 0.1) is 5.92 Å². The van der Waals surface area contributed by atoms with E-state index in [4.69, 9.17) is 36.3 Å². The van der Waals surface area contributed by atoms with Crippen molar-refractivity contribution in [1.29, 1.82) is 0 Å². The molecule has 0 aromatic heterocycles. The Morgan fingerprint density at radius 2 is 1.34 bits per heavy atom. The third-order valence-corrected chi connectivity index (χ3v) is 15.2. The Bertz CT molecular complexity index is 1580. The summed E-state index contributed by atoms with van der Waals surface area (Å²) in [6.07, 6.45) is 2.22. The van der Waals surface area contributed by atoms with Crippen LogP contribution in [-0.4, -0.2) is 115 Å². The third kappa shape index (κ3) is 8.75. The fraction of sp³-hybridized carbons (Fsp3) is 0.763. The molecule has 5 unspecified atom stereocenters. The van der Waals surface area contributed by atoms with Crippen LogP contribution >= 0.6 is 0 Å². The minimum absolute atomic E-state index is 0.156. The van der Waals surface area contributed by atoms with Gasteiger partial charge in [-0.3, -0.25) is 4.79 Å². The number of carbonyl (C=O) groups excluding carboxylic acids is 1. The summed E-state index contributed by atoms with van der Waals surface area (Å²) < 4.78 is 55.1. The second-order valence-corrected chi connectivity index (χ2v) is 43.0. The number of rotatable bonds is 12. The number of likely N-dealkylation sites (N-methyl/N-ethyl adjacent to an activating group) is 1. The van der Waals surface area contributed by atoms with Crippen LogP contribution in [0.15, 0.2) is 24.3 Å². The molecule has 2 fully saturated rings. The topological polar surface area (TPSA) is 94.2 Å². The highest BCUT2D eigenvalue weighted by Crippen LogP contribution is 2.63. The van der Waals surface area contributed by atoms with Crippen molar-refractivity contribution in [2.24, 2.45) is 5.92 Å². The molecule has 0 amide bonds. The van der Waals surface area contributed by atoms with Crippen LogP contribution in [-0.2, 0) is 43.5 Å². The monoisotopic (exact) mass is 821 g/mol. The van der Waals surface area contributed by atoms with Gasteiger partial charge in [0.25, 0.3) is 0 Å². The van der Waals surface area contributed by atoms with Gasteiger partial charge in [-0.2, -0.15) is 0 Å². The predicted molar refractivity (Wildman–Crippen MR) is 222 cm³/mol. The molecule has 53 heavy (non-hydrogen) atoms. The summed E-state index contributed by atoms with van der Waals surface area (Å²) in [6, 6.07) is 4.64. The van der Waals surface area contributed by atoms with Crippen molar-refractivity contribution >= 4 is 47.6 Å². The van der Waals surface area contributed by atoms with Crippen molar-refractivity contribution in [3.63, 3.8) is 0 Å². The van der Waals surface area contributed by atoms with E-state index in [1.165, 1.54) is 11.1 Å². The molecule has 3 heterocycles. The first-order chi connectivity index (χ1) is 24.2. The Balaban J connectivity index is 1.46. The lowest BCUT2D eigenvalue weighted by Crippen LogP contribution is -2.68. The van der Waals surface area contributed by atoms with Gasteiger partial charge in [-0.05, 0) is 136 Å². The number of hydrogen-bond acceptors (Lipinski definition) is 10. The number of benzene rings is 1. The van der Waals surface area contributed by atoms with E-state index >= 15 is 0 Å². The van der Waals surface area contributed by atoms with E-state index in [1.54, 1.807) is 0 Å². The highest BCUT2D eigenvalue weighted by Gasteiger charge is 2.65. The molecule has 1 spiro atoms. The van der Waals surface area contributed by atoms with E-state index < -0.39 is 78.3 Å². The maximum Gasteiger partial charge on any atom is 0.324 e. The van der Waals surface area contributed by atoms with Gasteiger partial charge in [0.1, 0.15) is 30.5 Å². The first-order valence-corrected chi connectivity index (χ1v) is 36.7. The van der Waals surface area contributed by atoms with Gasteiger partial charge in [-0.15, -0.1) is 0 Å². The van der Waals surface area contributed by atoms with Crippen molar-refractivity contribution in [2.75, 3.05) is 13.6 Å². The molecule has 0 radical (unpaired) electrons. The van der Waals surface area contributed by atoms with E-state index in [-0.39, 0.29) is 17.6 Å². The number of carbonyl (C=O) groups is 1. The van der Waals surface area contributed by atoms with E-state index in [1.807, 2.05) is 25.7 Å². The van der Waals surface area contributed by atoms with Gasteiger partial charge < -0.3 is 41.2 Å².